The Kier molecular flexibility index (Phi) is 6.81. The van der Waals surface area contributed by atoms with Crippen molar-refractivity contribution in [3.63, 3.8) is 0 Å². The first kappa shape index (κ1) is 23.7. The summed E-state index contributed by atoms with van der Waals surface area (Å²) in [6.45, 7) is 5.42. The number of piperidine rings is 1. The topological polar surface area (TPSA) is 71.0 Å². The van der Waals surface area contributed by atoms with Gasteiger partial charge in [0.25, 0.3) is 0 Å². The molecule has 3 aromatic rings. The van der Waals surface area contributed by atoms with Gasteiger partial charge >= 0.3 is 6.18 Å². The number of pyridine rings is 1. The Hall–Kier alpha value is -3.49. The third kappa shape index (κ3) is 4.88. The Morgan fingerprint density at radius 3 is 2.56 bits per heavy atom. The lowest BCUT2D eigenvalue weighted by Crippen LogP contribution is -2.49. The number of alkyl halides is 3. The van der Waals surface area contributed by atoms with E-state index in [1.807, 2.05) is 13.0 Å². The van der Waals surface area contributed by atoms with Gasteiger partial charge in [0.2, 0.25) is 0 Å². The van der Waals surface area contributed by atoms with Crippen LogP contribution in [0.3, 0.4) is 0 Å². The third-order valence-electron chi connectivity index (χ3n) is 6.31. The molecule has 0 spiro atoms. The lowest BCUT2D eigenvalue weighted by molar-refractivity contribution is -0.137. The predicted octanol–water partition coefficient (Wildman–Crippen LogP) is 5.40. The molecule has 2 atom stereocenters. The Morgan fingerprint density at radius 2 is 1.91 bits per heavy atom. The van der Waals surface area contributed by atoms with Crippen LogP contribution in [0, 0.1) is 12.8 Å². The summed E-state index contributed by atoms with van der Waals surface area (Å²) in [5.41, 5.74) is 2.34. The highest BCUT2D eigenvalue weighted by Gasteiger charge is 2.33. The molecule has 4 rings (SSSR count). The molecule has 6 nitrogen and oxygen atoms in total. The van der Waals surface area contributed by atoms with E-state index in [9.17, 15) is 18.0 Å². The minimum absolute atomic E-state index is 0.0286. The number of benzene rings is 1. The number of hydrogen-bond acceptors (Lipinski definition) is 6. The summed E-state index contributed by atoms with van der Waals surface area (Å²) in [5, 5.41) is 3.21. The van der Waals surface area contributed by atoms with Crippen LogP contribution in [0.2, 0.25) is 0 Å². The number of nitrogens with zero attached hydrogens (tertiary/aromatic N) is 4. The molecule has 2 aromatic heterocycles. The highest BCUT2D eigenvalue weighted by Crippen LogP contribution is 2.39. The third-order valence-corrected chi connectivity index (χ3v) is 6.31. The van der Waals surface area contributed by atoms with Crippen molar-refractivity contribution in [2.45, 2.75) is 38.9 Å². The van der Waals surface area contributed by atoms with E-state index in [4.69, 9.17) is 0 Å². The number of hydrogen-bond donors (Lipinski definition) is 1. The van der Waals surface area contributed by atoms with Crippen LogP contribution in [0.5, 0.6) is 0 Å². The van der Waals surface area contributed by atoms with Gasteiger partial charge < -0.3 is 10.2 Å². The lowest BCUT2D eigenvalue weighted by atomic mass is 9.88. The lowest BCUT2D eigenvalue weighted by Gasteiger charge is -2.43. The van der Waals surface area contributed by atoms with E-state index >= 15 is 0 Å². The van der Waals surface area contributed by atoms with E-state index in [0.29, 0.717) is 35.2 Å². The second-order valence-electron chi connectivity index (χ2n) is 8.58. The maximum atomic E-state index is 12.9. The molecule has 0 amide bonds. The summed E-state index contributed by atoms with van der Waals surface area (Å²) in [6, 6.07) is 7.84. The molecule has 1 saturated heterocycles. The van der Waals surface area contributed by atoms with Gasteiger partial charge in [-0.15, -0.1) is 0 Å². The number of rotatable bonds is 6. The van der Waals surface area contributed by atoms with E-state index in [0.717, 1.165) is 49.2 Å². The Morgan fingerprint density at radius 1 is 1.15 bits per heavy atom. The molecule has 0 bridgehead atoms. The molecule has 1 aliphatic heterocycles. The molecule has 0 unspecified atom stereocenters. The Bertz CT molecular complexity index is 1140. The zero-order chi connectivity index (χ0) is 24.3. The normalized spacial score (nSPS) is 18.6. The summed E-state index contributed by atoms with van der Waals surface area (Å²) in [6.07, 6.45) is 2.54. The van der Waals surface area contributed by atoms with Crippen LogP contribution in [0.15, 0.2) is 48.9 Å². The van der Waals surface area contributed by atoms with Crippen LogP contribution < -0.4 is 10.2 Å². The molecule has 0 aliphatic carbocycles. The summed E-state index contributed by atoms with van der Waals surface area (Å²) < 4.78 is 38.6. The Balaban J connectivity index is 1.67. The first-order valence-electron chi connectivity index (χ1n) is 11.2. The molecule has 3 heterocycles. The van der Waals surface area contributed by atoms with Crippen molar-refractivity contribution in [3.8, 4) is 11.4 Å². The second-order valence-corrected chi connectivity index (χ2v) is 8.58. The van der Waals surface area contributed by atoms with Gasteiger partial charge in [-0.3, -0.25) is 4.79 Å². The Labute approximate surface area is 196 Å². The summed E-state index contributed by atoms with van der Waals surface area (Å²) in [5.74, 6) is 1.17. The first-order valence-corrected chi connectivity index (χ1v) is 11.2. The van der Waals surface area contributed by atoms with Gasteiger partial charge in [0, 0.05) is 43.3 Å². The van der Waals surface area contributed by atoms with Crippen molar-refractivity contribution in [2.24, 2.45) is 5.92 Å². The number of aromatic nitrogens is 3. The van der Waals surface area contributed by atoms with Crippen LogP contribution in [0.25, 0.3) is 11.4 Å². The molecular weight excluding hydrogens is 443 g/mol. The molecule has 1 aromatic carbocycles. The number of carbonyl (C=O) groups excluding carboxylic acids is 1. The predicted molar refractivity (Wildman–Crippen MR) is 125 cm³/mol. The number of halogens is 3. The first-order chi connectivity index (χ1) is 16.3. The van der Waals surface area contributed by atoms with Crippen LogP contribution in [-0.4, -0.2) is 40.4 Å². The second kappa shape index (κ2) is 9.79. The van der Waals surface area contributed by atoms with E-state index in [1.165, 1.54) is 6.07 Å². The van der Waals surface area contributed by atoms with Crippen molar-refractivity contribution in [1.82, 2.24) is 15.0 Å². The summed E-state index contributed by atoms with van der Waals surface area (Å²) >= 11 is 0. The summed E-state index contributed by atoms with van der Waals surface area (Å²) in [4.78, 5) is 27.0. The van der Waals surface area contributed by atoms with Crippen LogP contribution in [-0.2, 0) is 6.18 Å². The number of anilines is 2. The fourth-order valence-electron chi connectivity index (χ4n) is 4.56. The fourth-order valence-corrected chi connectivity index (χ4v) is 4.56. The molecule has 0 radical (unpaired) electrons. The molecular formula is C25H26F3N5O. The van der Waals surface area contributed by atoms with Crippen molar-refractivity contribution >= 4 is 17.8 Å². The maximum Gasteiger partial charge on any atom is 0.417 e. The van der Waals surface area contributed by atoms with E-state index in [2.05, 4.69) is 32.1 Å². The zero-order valence-electron chi connectivity index (χ0n) is 19.0. The van der Waals surface area contributed by atoms with Crippen molar-refractivity contribution in [2.75, 3.05) is 23.3 Å². The van der Waals surface area contributed by atoms with Gasteiger partial charge in [-0.1, -0.05) is 19.1 Å². The molecule has 1 fully saturated rings. The minimum Gasteiger partial charge on any atom is -0.368 e. The average Bonchev–Trinajstić information content (AvgIpc) is 2.83. The number of aryl methyl sites for hydroxylation is 1. The van der Waals surface area contributed by atoms with Crippen LogP contribution in [0.1, 0.15) is 41.3 Å². The van der Waals surface area contributed by atoms with Crippen molar-refractivity contribution in [1.29, 1.82) is 0 Å². The van der Waals surface area contributed by atoms with Gasteiger partial charge in [0.05, 0.1) is 16.8 Å². The quantitative estimate of drug-likeness (QED) is 0.488. The standard InChI is InChI=1S/C25H26F3N5O/c1-16-5-3-12-33(20(16)14-32-21-9-8-19(13-31-21)25(26,27)28)23-17(2)6-7-18(15-34)22(23)24-29-10-4-11-30-24/h4,6-11,13,15-16,20H,3,5,12,14H2,1-2H3,(H,31,32)/t16-,20-/m1/s1. The van der Waals surface area contributed by atoms with Gasteiger partial charge in [-0.2, -0.15) is 13.2 Å². The SMILES string of the molecule is Cc1ccc(C=O)c(-c2ncccn2)c1N1CCC[C@@H](C)[C@H]1CNc1ccc(C(F)(F)F)cn1. The molecule has 9 heteroatoms. The van der Waals surface area contributed by atoms with E-state index < -0.39 is 11.7 Å². The summed E-state index contributed by atoms with van der Waals surface area (Å²) in [7, 11) is 0. The smallest absolute Gasteiger partial charge is 0.368 e. The molecule has 34 heavy (non-hydrogen) atoms. The van der Waals surface area contributed by atoms with Crippen molar-refractivity contribution < 1.29 is 18.0 Å². The van der Waals surface area contributed by atoms with Gasteiger partial charge in [-0.25, -0.2) is 15.0 Å². The van der Waals surface area contributed by atoms with Gasteiger partial charge in [-0.05, 0) is 49.4 Å². The van der Waals surface area contributed by atoms with E-state index in [1.54, 1.807) is 24.5 Å². The van der Waals surface area contributed by atoms with Crippen LogP contribution >= 0.6 is 0 Å². The highest BCUT2D eigenvalue weighted by molar-refractivity contribution is 5.93. The largest absolute Gasteiger partial charge is 0.417 e. The maximum absolute atomic E-state index is 12.9. The molecule has 178 valence electrons. The minimum atomic E-state index is -4.42. The van der Waals surface area contributed by atoms with Gasteiger partial charge in [0.1, 0.15) is 5.82 Å². The molecule has 1 aliphatic rings. The monoisotopic (exact) mass is 469 g/mol. The highest BCUT2D eigenvalue weighted by atomic mass is 19.4. The van der Waals surface area contributed by atoms with Crippen LogP contribution in [0.4, 0.5) is 24.7 Å². The van der Waals surface area contributed by atoms with Gasteiger partial charge in [0.15, 0.2) is 12.1 Å². The number of carbonyl (C=O) groups is 1. The number of aldehydes is 1. The van der Waals surface area contributed by atoms with E-state index in [-0.39, 0.29) is 6.04 Å². The van der Waals surface area contributed by atoms with Crippen molar-refractivity contribution in [3.05, 3.63) is 65.6 Å². The fraction of sp³-hybridized carbons (Fsp3) is 0.360. The average molecular weight is 470 g/mol. The molecule has 0 saturated carbocycles. The number of nitrogens with one attached hydrogen (secondary N) is 1. The zero-order valence-corrected chi connectivity index (χ0v) is 19.0. The molecule has 1 N–H and O–H groups in total.